The molecule has 0 aromatic heterocycles. The SMILES string of the molecule is C/C=C/COC1CCN(CC2CCCCC2N)CC1. The Morgan fingerprint density at radius 2 is 1.89 bits per heavy atom. The number of rotatable bonds is 5. The Balaban J connectivity index is 1.65. The predicted molar refractivity (Wildman–Crippen MR) is 80.2 cm³/mol. The van der Waals surface area contributed by atoms with Crippen molar-refractivity contribution < 1.29 is 4.74 Å². The highest BCUT2D eigenvalue weighted by Crippen LogP contribution is 2.25. The monoisotopic (exact) mass is 266 g/mol. The average Bonchev–Trinajstić information content (AvgIpc) is 2.44. The van der Waals surface area contributed by atoms with Crippen LogP contribution in [0.5, 0.6) is 0 Å². The van der Waals surface area contributed by atoms with Gasteiger partial charge in [-0.3, -0.25) is 0 Å². The second-order valence-corrected chi connectivity index (χ2v) is 6.11. The number of nitrogens with two attached hydrogens (primary N) is 1. The summed E-state index contributed by atoms with van der Waals surface area (Å²) in [6.07, 6.45) is 12.2. The number of likely N-dealkylation sites (tertiary alicyclic amines) is 1. The van der Waals surface area contributed by atoms with Gasteiger partial charge in [0.05, 0.1) is 12.7 Å². The van der Waals surface area contributed by atoms with Crippen molar-refractivity contribution in [3.8, 4) is 0 Å². The van der Waals surface area contributed by atoms with E-state index in [9.17, 15) is 0 Å². The van der Waals surface area contributed by atoms with E-state index in [0.717, 1.165) is 12.5 Å². The Labute approximate surface area is 118 Å². The zero-order chi connectivity index (χ0) is 13.5. The first-order valence-electron chi connectivity index (χ1n) is 8.00. The zero-order valence-electron chi connectivity index (χ0n) is 12.4. The third kappa shape index (κ3) is 4.90. The summed E-state index contributed by atoms with van der Waals surface area (Å²) in [5.41, 5.74) is 6.25. The number of piperidine rings is 1. The molecule has 1 aliphatic heterocycles. The summed E-state index contributed by atoms with van der Waals surface area (Å²) >= 11 is 0. The van der Waals surface area contributed by atoms with Gasteiger partial charge in [-0.2, -0.15) is 0 Å². The standard InChI is InChI=1S/C16H30N2O/c1-2-3-12-19-15-8-10-18(11-9-15)13-14-6-4-5-7-16(14)17/h2-3,14-16H,4-13,17H2,1H3/b3-2+. The van der Waals surface area contributed by atoms with Gasteiger partial charge in [0.1, 0.15) is 0 Å². The summed E-state index contributed by atoms with van der Waals surface area (Å²) < 4.78 is 5.84. The van der Waals surface area contributed by atoms with Gasteiger partial charge in [0, 0.05) is 25.7 Å². The number of nitrogens with zero attached hydrogens (tertiary/aromatic N) is 1. The molecule has 1 aliphatic carbocycles. The number of allylic oxidation sites excluding steroid dienone is 1. The van der Waals surface area contributed by atoms with Gasteiger partial charge in [-0.05, 0) is 38.5 Å². The van der Waals surface area contributed by atoms with Crippen molar-refractivity contribution >= 4 is 0 Å². The van der Waals surface area contributed by atoms with E-state index in [0.29, 0.717) is 12.1 Å². The molecule has 3 heteroatoms. The predicted octanol–water partition coefficient (Wildman–Crippen LogP) is 2.56. The summed E-state index contributed by atoms with van der Waals surface area (Å²) in [6.45, 7) is 6.39. The highest BCUT2D eigenvalue weighted by atomic mass is 16.5. The molecule has 3 nitrogen and oxygen atoms in total. The molecule has 0 aromatic rings. The minimum Gasteiger partial charge on any atom is -0.374 e. The largest absolute Gasteiger partial charge is 0.374 e. The summed E-state index contributed by atoms with van der Waals surface area (Å²) in [6, 6.07) is 0.442. The van der Waals surface area contributed by atoms with Crippen LogP contribution in [-0.4, -0.2) is 43.3 Å². The fourth-order valence-electron chi connectivity index (χ4n) is 3.34. The van der Waals surface area contributed by atoms with Gasteiger partial charge in [-0.1, -0.05) is 25.0 Å². The minimum absolute atomic E-state index is 0.442. The van der Waals surface area contributed by atoms with Crippen LogP contribution in [0.15, 0.2) is 12.2 Å². The quantitative estimate of drug-likeness (QED) is 0.777. The van der Waals surface area contributed by atoms with Gasteiger partial charge in [0.15, 0.2) is 0 Å². The molecule has 1 saturated carbocycles. The molecule has 2 rings (SSSR count). The van der Waals surface area contributed by atoms with E-state index in [1.54, 1.807) is 0 Å². The molecule has 0 bridgehead atoms. The van der Waals surface area contributed by atoms with E-state index in [2.05, 4.69) is 17.1 Å². The van der Waals surface area contributed by atoms with Crippen LogP contribution in [0, 0.1) is 5.92 Å². The fraction of sp³-hybridized carbons (Fsp3) is 0.875. The highest BCUT2D eigenvalue weighted by Gasteiger charge is 2.26. The molecule has 2 fully saturated rings. The Kier molecular flexibility index (Phi) is 6.35. The Morgan fingerprint density at radius 1 is 1.16 bits per heavy atom. The van der Waals surface area contributed by atoms with Gasteiger partial charge in [0.25, 0.3) is 0 Å². The molecule has 2 N–H and O–H groups in total. The maximum Gasteiger partial charge on any atom is 0.0651 e. The number of hydrogen-bond donors (Lipinski definition) is 1. The lowest BCUT2D eigenvalue weighted by molar-refractivity contribution is 0.0161. The van der Waals surface area contributed by atoms with E-state index in [4.69, 9.17) is 10.5 Å². The maximum atomic E-state index is 6.25. The first-order chi connectivity index (χ1) is 9.29. The van der Waals surface area contributed by atoms with Gasteiger partial charge >= 0.3 is 0 Å². The van der Waals surface area contributed by atoms with E-state index in [1.807, 2.05) is 6.92 Å². The van der Waals surface area contributed by atoms with Crippen LogP contribution in [0.25, 0.3) is 0 Å². The van der Waals surface area contributed by atoms with Gasteiger partial charge in [-0.15, -0.1) is 0 Å². The van der Waals surface area contributed by atoms with Crippen molar-refractivity contribution in [1.82, 2.24) is 4.90 Å². The van der Waals surface area contributed by atoms with E-state index < -0.39 is 0 Å². The molecule has 19 heavy (non-hydrogen) atoms. The van der Waals surface area contributed by atoms with E-state index in [-0.39, 0.29) is 0 Å². The molecule has 2 unspecified atom stereocenters. The Hall–Kier alpha value is -0.380. The lowest BCUT2D eigenvalue weighted by atomic mass is 9.84. The second kappa shape index (κ2) is 8.03. The number of hydrogen-bond acceptors (Lipinski definition) is 3. The minimum atomic E-state index is 0.442. The first kappa shape index (κ1) is 15.0. The summed E-state index contributed by atoms with van der Waals surface area (Å²) in [5, 5.41) is 0. The van der Waals surface area contributed by atoms with Crippen LogP contribution >= 0.6 is 0 Å². The van der Waals surface area contributed by atoms with Crippen LogP contribution in [0.4, 0.5) is 0 Å². The molecular weight excluding hydrogens is 236 g/mol. The Bertz CT molecular complexity index is 272. The summed E-state index contributed by atoms with van der Waals surface area (Å²) in [7, 11) is 0. The highest BCUT2D eigenvalue weighted by molar-refractivity contribution is 4.83. The normalized spacial score (nSPS) is 31.1. The van der Waals surface area contributed by atoms with E-state index >= 15 is 0 Å². The van der Waals surface area contributed by atoms with Crippen LogP contribution < -0.4 is 5.73 Å². The van der Waals surface area contributed by atoms with Crippen molar-refractivity contribution in [1.29, 1.82) is 0 Å². The number of ether oxygens (including phenoxy) is 1. The van der Waals surface area contributed by atoms with Gasteiger partial charge in [-0.25, -0.2) is 0 Å². The van der Waals surface area contributed by atoms with Crippen molar-refractivity contribution in [2.75, 3.05) is 26.2 Å². The van der Waals surface area contributed by atoms with Crippen LogP contribution in [0.2, 0.25) is 0 Å². The molecule has 0 spiro atoms. The Morgan fingerprint density at radius 3 is 2.58 bits per heavy atom. The first-order valence-corrected chi connectivity index (χ1v) is 8.00. The van der Waals surface area contributed by atoms with Crippen molar-refractivity contribution in [2.45, 2.75) is 57.6 Å². The van der Waals surface area contributed by atoms with Crippen molar-refractivity contribution in [3.05, 3.63) is 12.2 Å². The van der Waals surface area contributed by atoms with Crippen molar-refractivity contribution in [2.24, 2.45) is 11.7 Å². The molecule has 110 valence electrons. The maximum absolute atomic E-state index is 6.25. The van der Waals surface area contributed by atoms with Crippen LogP contribution in [-0.2, 0) is 4.74 Å². The lowest BCUT2D eigenvalue weighted by Gasteiger charge is -2.37. The van der Waals surface area contributed by atoms with Crippen molar-refractivity contribution in [3.63, 3.8) is 0 Å². The third-order valence-electron chi connectivity index (χ3n) is 4.66. The molecule has 0 aromatic carbocycles. The van der Waals surface area contributed by atoms with Gasteiger partial charge in [0.2, 0.25) is 0 Å². The fourth-order valence-corrected chi connectivity index (χ4v) is 3.34. The molecule has 2 atom stereocenters. The zero-order valence-corrected chi connectivity index (χ0v) is 12.4. The van der Waals surface area contributed by atoms with E-state index in [1.165, 1.54) is 58.2 Å². The molecule has 1 saturated heterocycles. The smallest absolute Gasteiger partial charge is 0.0651 e. The average molecular weight is 266 g/mol. The molecular formula is C16H30N2O. The molecule has 1 heterocycles. The summed E-state index contributed by atoms with van der Waals surface area (Å²) in [5.74, 6) is 0.731. The second-order valence-electron chi connectivity index (χ2n) is 6.11. The molecule has 2 aliphatic rings. The topological polar surface area (TPSA) is 38.5 Å². The lowest BCUT2D eigenvalue weighted by Crippen LogP contribution is -2.45. The van der Waals surface area contributed by atoms with Gasteiger partial charge < -0.3 is 15.4 Å². The third-order valence-corrected chi connectivity index (χ3v) is 4.66. The molecule has 0 radical (unpaired) electrons. The van der Waals surface area contributed by atoms with Crippen LogP contribution in [0.3, 0.4) is 0 Å². The summed E-state index contributed by atoms with van der Waals surface area (Å²) in [4.78, 5) is 2.60. The van der Waals surface area contributed by atoms with Crippen LogP contribution in [0.1, 0.15) is 45.4 Å². The molecule has 0 amide bonds.